The molecule has 1 aromatic carbocycles. The predicted octanol–water partition coefficient (Wildman–Crippen LogP) is 4.41. The van der Waals surface area contributed by atoms with Crippen molar-refractivity contribution in [2.45, 2.75) is 58.0 Å². The van der Waals surface area contributed by atoms with Crippen LogP contribution < -0.4 is 5.73 Å². The number of rotatable bonds is 4. The summed E-state index contributed by atoms with van der Waals surface area (Å²) in [5.74, 6) is 0. The van der Waals surface area contributed by atoms with Gasteiger partial charge in [-0.2, -0.15) is 0 Å². The van der Waals surface area contributed by atoms with Gasteiger partial charge in [0.2, 0.25) is 0 Å². The first-order valence-corrected chi connectivity index (χ1v) is 8.68. The summed E-state index contributed by atoms with van der Waals surface area (Å²) in [6.45, 7) is 6.36. The largest absolute Gasteiger partial charge is 0.329 e. The van der Waals surface area contributed by atoms with Crippen LogP contribution in [0.1, 0.15) is 56.2 Å². The maximum Gasteiger partial charge on any atom is 0.0473 e. The Bertz CT molecular complexity index is 433. The zero-order valence-electron chi connectivity index (χ0n) is 12.7. The molecule has 2 atom stereocenters. The van der Waals surface area contributed by atoms with Gasteiger partial charge in [-0.15, -0.1) is 0 Å². The Hall–Kier alpha value is -0.380. The number of benzene rings is 1. The topological polar surface area (TPSA) is 29.3 Å². The number of halogens is 1. The van der Waals surface area contributed by atoms with E-state index in [-0.39, 0.29) is 0 Å². The Morgan fingerprint density at radius 3 is 2.80 bits per heavy atom. The van der Waals surface area contributed by atoms with E-state index in [9.17, 15) is 0 Å². The number of nitrogens with zero attached hydrogens (tertiary/aromatic N) is 1. The molecule has 0 aromatic heterocycles. The van der Waals surface area contributed by atoms with Gasteiger partial charge in [0.05, 0.1) is 0 Å². The SMILES string of the molecule is CCC1CCCCCN1C(CN)c1ccc(Br)c(C)c1. The molecule has 1 aliphatic rings. The molecule has 1 aliphatic heterocycles. The van der Waals surface area contributed by atoms with Crippen LogP contribution in [0.4, 0.5) is 0 Å². The van der Waals surface area contributed by atoms with Gasteiger partial charge in [0.1, 0.15) is 0 Å². The Labute approximate surface area is 131 Å². The maximum absolute atomic E-state index is 6.14. The number of likely N-dealkylation sites (tertiary alicyclic amines) is 1. The van der Waals surface area contributed by atoms with E-state index in [4.69, 9.17) is 5.73 Å². The van der Waals surface area contributed by atoms with E-state index < -0.39 is 0 Å². The first kappa shape index (κ1) is 16.0. The molecule has 2 unspecified atom stereocenters. The summed E-state index contributed by atoms with van der Waals surface area (Å²) in [7, 11) is 0. The third-order valence-electron chi connectivity index (χ3n) is 4.58. The molecule has 3 heteroatoms. The van der Waals surface area contributed by atoms with Crippen LogP contribution in [0, 0.1) is 6.92 Å². The van der Waals surface area contributed by atoms with Crippen molar-refractivity contribution in [3.63, 3.8) is 0 Å². The molecule has 1 aromatic rings. The quantitative estimate of drug-likeness (QED) is 0.880. The molecule has 0 amide bonds. The normalized spacial score (nSPS) is 22.5. The van der Waals surface area contributed by atoms with E-state index in [1.54, 1.807) is 0 Å². The number of hydrogen-bond donors (Lipinski definition) is 1. The number of hydrogen-bond acceptors (Lipinski definition) is 2. The fourth-order valence-corrected chi connectivity index (χ4v) is 3.63. The highest BCUT2D eigenvalue weighted by atomic mass is 79.9. The van der Waals surface area contributed by atoms with Gasteiger partial charge in [0, 0.05) is 23.1 Å². The second-order valence-electron chi connectivity index (χ2n) is 5.91. The smallest absolute Gasteiger partial charge is 0.0473 e. The Morgan fingerprint density at radius 1 is 1.35 bits per heavy atom. The summed E-state index contributed by atoms with van der Waals surface area (Å²) in [5, 5.41) is 0. The van der Waals surface area contributed by atoms with Crippen molar-refractivity contribution in [1.29, 1.82) is 0 Å². The Morgan fingerprint density at radius 2 is 2.15 bits per heavy atom. The van der Waals surface area contributed by atoms with Crippen molar-refractivity contribution < 1.29 is 0 Å². The molecule has 20 heavy (non-hydrogen) atoms. The molecule has 0 bridgehead atoms. The highest BCUT2D eigenvalue weighted by Crippen LogP contribution is 2.30. The summed E-state index contributed by atoms with van der Waals surface area (Å²) in [4.78, 5) is 2.66. The lowest BCUT2D eigenvalue weighted by Crippen LogP contribution is -2.41. The van der Waals surface area contributed by atoms with Gasteiger partial charge in [-0.1, -0.05) is 47.8 Å². The number of aryl methyl sites for hydroxylation is 1. The lowest BCUT2D eigenvalue weighted by atomic mass is 9.99. The third-order valence-corrected chi connectivity index (χ3v) is 5.47. The monoisotopic (exact) mass is 338 g/mol. The molecule has 0 aliphatic carbocycles. The van der Waals surface area contributed by atoms with Crippen LogP contribution in [0.25, 0.3) is 0 Å². The zero-order chi connectivity index (χ0) is 14.5. The number of nitrogens with two attached hydrogens (primary N) is 1. The molecule has 112 valence electrons. The van der Waals surface area contributed by atoms with Crippen molar-refractivity contribution in [3.05, 3.63) is 33.8 Å². The van der Waals surface area contributed by atoms with Gasteiger partial charge in [-0.25, -0.2) is 0 Å². The van der Waals surface area contributed by atoms with Gasteiger partial charge in [0.25, 0.3) is 0 Å². The second kappa shape index (κ2) is 7.58. The van der Waals surface area contributed by atoms with Gasteiger partial charge in [-0.05, 0) is 49.9 Å². The molecule has 2 rings (SSSR count). The van der Waals surface area contributed by atoms with Crippen LogP contribution in [0.15, 0.2) is 22.7 Å². The first-order valence-electron chi connectivity index (χ1n) is 7.89. The molecule has 1 fully saturated rings. The fourth-order valence-electron chi connectivity index (χ4n) is 3.39. The van der Waals surface area contributed by atoms with Gasteiger partial charge in [0.15, 0.2) is 0 Å². The Kier molecular flexibility index (Phi) is 6.06. The molecule has 2 N–H and O–H groups in total. The van der Waals surface area contributed by atoms with Crippen LogP contribution in [0.3, 0.4) is 0 Å². The van der Waals surface area contributed by atoms with Crippen molar-refractivity contribution >= 4 is 15.9 Å². The minimum Gasteiger partial charge on any atom is -0.329 e. The van der Waals surface area contributed by atoms with Gasteiger partial charge < -0.3 is 5.73 Å². The van der Waals surface area contributed by atoms with Gasteiger partial charge in [-0.3, -0.25) is 4.90 Å². The van der Waals surface area contributed by atoms with E-state index in [0.717, 1.165) is 0 Å². The summed E-state index contributed by atoms with van der Waals surface area (Å²) < 4.78 is 1.18. The molecule has 0 radical (unpaired) electrons. The molecular weight excluding hydrogens is 312 g/mol. The van der Waals surface area contributed by atoms with Gasteiger partial charge >= 0.3 is 0 Å². The Balaban J connectivity index is 2.26. The van der Waals surface area contributed by atoms with E-state index in [0.29, 0.717) is 18.6 Å². The van der Waals surface area contributed by atoms with Crippen molar-refractivity contribution in [1.82, 2.24) is 4.90 Å². The lowest BCUT2D eigenvalue weighted by molar-refractivity contribution is 0.136. The van der Waals surface area contributed by atoms with Crippen molar-refractivity contribution in [2.24, 2.45) is 5.73 Å². The predicted molar refractivity (Wildman–Crippen MR) is 89.9 cm³/mol. The first-order chi connectivity index (χ1) is 9.67. The minimum absolute atomic E-state index is 0.366. The maximum atomic E-state index is 6.14. The highest BCUT2D eigenvalue weighted by molar-refractivity contribution is 9.10. The molecule has 1 saturated heterocycles. The second-order valence-corrected chi connectivity index (χ2v) is 6.76. The molecule has 2 nitrogen and oxygen atoms in total. The molecular formula is C17H27BrN2. The fraction of sp³-hybridized carbons (Fsp3) is 0.647. The minimum atomic E-state index is 0.366. The van der Waals surface area contributed by atoms with E-state index in [2.05, 4.69) is 52.9 Å². The third kappa shape index (κ3) is 3.63. The van der Waals surface area contributed by atoms with Crippen LogP contribution >= 0.6 is 15.9 Å². The standard InChI is InChI=1S/C17H27BrN2/c1-3-15-7-5-4-6-10-20(15)17(12-19)14-8-9-16(18)13(2)11-14/h8-9,11,15,17H,3-7,10,12,19H2,1-2H3. The average Bonchev–Trinajstić information content (AvgIpc) is 2.69. The molecule has 0 spiro atoms. The van der Waals surface area contributed by atoms with Crippen LogP contribution in [0.2, 0.25) is 0 Å². The molecule has 0 saturated carbocycles. The average molecular weight is 339 g/mol. The van der Waals surface area contributed by atoms with Crippen LogP contribution in [0.5, 0.6) is 0 Å². The molecule has 1 heterocycles. The zero-order valence-corrected chi connectivity index (χ0v) is 14.3. The van der Waals surface area contributed by atoms with E-state index in [1.165, 1.54) is 54.2 Å². The highest BCUT2D eigenvalue weighted by Gasteiger charge is 2.27. The van der Waals surface area contributed by atoms with E-state index >= 15 is 0 Å². The van der Waals surface area contributed by atoms with E-state index in [1.807, 2.05) is 0 Å². The summed E-state index contributed by atoms with van der Waals surface area (Å²) in [6, 6.07) is 7.73. The summed E-state index contributed by atoms with van der Waals surface area (Å²) in [5.41, 5.74) is 8.80. The van der Waals surface area contributed by atoms with Crippen molar-refractivity contribution in [2.75, 3.05) is 13.1 Å². The summed E-state index contributed by atoms with van der Waals surface area (Å²) in [6.07, 6.45) is 6.59. The van der Waals surface area contributed by atoms with Crippen LogP contribution in [-0.4, -0.2) is 24.0 Å². The van der Waals surface area contributed by atoms with Crippen molar-refractivity contribution in [3.8, 4) is 0 Å². The lowest BCUT2D eigenvalue weighted by Gasteiger charge is -2.36. The summed E-state index contributed by atoms with van der Waals surface area (Å²) >= 11 is 3.59. The van der Waals surface area contributed by atoms with Crippen LogP contribution in [-0.2, 0) is 0 Å².